The van der Waals surface area contributed by atoms with Gasteiger partial charge in [0.05, 0.1) is 29.4 Å². The molecule has 2 aromatic carbocycles. The van der Waals surface area contributed by atoms with E-state index in [4.69, 9.17) is 22.1 Å². The molecule has 3 heterocycles. The molecule has 0 amide bonds. The van der Waals surface area contributed by atoms with Crippen molar-refractivity contribution < 1.29 is 9.53 Å². The number of aromatic nitrogens is 2. The summed E-state index contributed by atoms with van der Waals surface area (Å²) in [6.07, 6.45) is 1.58. The van der Waals surface area contributed by atoms with Crippen molar-refractivity contribution in [3.8, 4) is 11.1 Å². The molecular formula is C26H23ClN4O2. The number of nitrogens with two attached hydrogens (primary N) is 1. The van der Waals surface area contributed by atoms with E-state index in [2.05, 4.69) is 27.0 Å². The summed E-state index contributed by atoms with van der Waals surface area (Å²) in [5.41, 5.74) is 11.6. The van der Waals surface area contributed by atoms with Crippen LogP contribution >= 0.6 is 11.6 Å². The molecule has 5 rings (SSSR count). The van der Waals surface area contributed by atoms with Crippen LogP contribution in [-0.4, -0.2) is 42.1 Å². The number of fused-ring (bicyclic) bond motifs is 1. The molecule has 33 heavy (non-hydrogen) atoms. The summed E-state index contributed by atoms with van der Waals surface area (Å²) in [6, 6.07) is 17.1. The van der Waals surface area contributed by atoms with Crippen LogP contribution in [0.5, 0.6) is 0 Å². The predicted molar refractivity (Wildman–Crippen MR) is 132 cm³/mol. The third-order valence-electron chi connectivity index (χ3n) is 5.95. The van der Waals surface area contributed by atoms with Crippen LogP contribution in [0, 0.1) is 6.92 Å². The van der Waals surface area contributed by atoms with Crippen LogP contribution in [0.15, 0.2) is 60.8 Å². The van der Waals surface area contributed by atoms with E-state index in [1.807, 2.05) is 37.3 Å². The molecule has 0 bridgehead atoms. The highest BCUT2D eigenvalue weighted by molar-refractivity contribution is 6.34. The van der Waals surface area contributed by atoms with Gasteiger partial charge >= 0.3 is 0 Å². The van der Waals surface area contributed by atoms with Gasteiger partial charge in [0.2, 0.25) is 5.78 Å². The summed E-state index contributed by atoms with van der Waals surface area (Å²) >= 11 is 6.27. The summed E-state index contributed by atoms with van der Waals surface area (Å²) in [6.45, 7) is 4.89. The number of benzene rings is 2. The number of hydrogen-bond donors (Lipinski definition) is 1. The molecule has 6 nitrogen and oxygen atoms in total. The first-order valence-corrected chi connectivity index (χ1v) is 11.2. The number of ketones is 1. The summed E-state index contributed by atoms with van der Waals surface area (Å²) < 4.78 is 5.47. The number of rotatable bonds is 4. The Bertz CT molecular complexity index is 1370. The number of anilines is 2. The number of ether oxygens (including phenoxy) is 1. The van der Waals surface area contributed by atoms with Gasteiger partial charge in [-0.05, 0) is 53.9 Å². The van der Waals surface area contributed by atoms with E-state index in [0.717, 1.165) is 46.4 Å². The monoisotopic (exact) mass is 458 g/mol. The molecule has 1 saturated heterocycles. The second-order valence-electron chi connectivity index (χ2n) is 8.06. The Kier molecular flexibility index (Phi) is 5.70. The second-order valence-corrected chi connectivity index (χ2v) is 8.47. The van der Waals surface area contributed by atoms with Gasteiger partial charge in [-0.1, -0.05) is 35.9 Å². The van der Waals surface area contributed by atoms with Crippen LogP contribution in [0.25, 0.3) is 22.0 Å². The van der Waals surface area contributed by atoms with E-state index in [1.165, 1.54) is 0 Å². The Morgan fingerprint density at radius 2 is 1.91 bits per heavy atom. The highest BCUT2D eigenvalue weighted by Crippen LogP contribution is 2.34. The van der Waals surface area contributed by atoms with Crippen LogP contribution in [0.4, 0.5) is 11.5 Å². The minimum absolute atomic E-state index is 0.205. The minimum Gasteiger partial charge on any atom is -0.382 e. The van der Waals surface area contributed by atoms with Gasteiger partial charge in [-0.2, -0.15) is 0 Å². The molecule has 0 radical (unpaired) electrons. The fourth-order valence-electron chi connectivity index (χ4n) is 4.31. The van der Waals surface area contributed by atoms with Crippen LogP contribution in [-0.2, 0) is 4.74 Å². The van der Waals surface area contributed by atoms with Gasteiger partial charge in [-0.25, -0.2) is 4.98 Å². The van der Waals surface area contributed by atoms with Crippen molar-refractivity contribution in [3.63, 3.8) is 0 Å². The molecule has 0 saturated carbocycles. The van der Waals surface area contributed by atoms with Gasteiger partial charge in [-0.3, -0.25) is 9.78 Å². The molecule has 7 heteroatoms. The Morgan fingerprint density at radius 1 is 1.09 bits per heavy atom. The summed E-state index contributed by atoms with van der Waals surface area (Å²) in [7, 11) is 0. The van der Waals surface area contributed by atoms with E-state index in [9.17, 15) is 4.79 Å². The third kappa shape index (κ3) is 4.03. The van der Waals surface area contributed by atoms with Crippen molar-refractivity contribution >= 4 is 39.8 Å². The van der Waals surface area contributed by atoms with Gasteiger partial charge in [0.15, 0.2) is 0 Å². The van der Waals surface area contributed by atoms with Crippen molar-refractivity contribution in [1.82, 2.24) is 9.97 Å². The number of morpholine rings is 1. The molecule has 0 atom stereocenters. The van der Waals surface area contributed by atoms with Crippen molar-refractivity contribution in [3.05, 3.63) is 82.6 Å². The lowest BCUT2D eigenvalue weighted by Gasteiger charge is -2.29. The third-order valence-corrected chi connectivity index (χ3v) is 6.26. The quantitative estimate of drug-likeness (QED) is 0.438. The lowest BCUT2D eigenvalue weighted by molar-refractivity contribution is 0.103. The number of nitrogen functional groups attached to an aromatic ring is 1. The normalized spacial score (nSPS) is 13.9. The average molecular weight is 459 g/mol. The average Bonchev–Trinajstić information content (AvgIpc) is 2.84. The lowest BCUT2D eigenvalue weighted by atomic mass is 9.91. The molecular weight excluding hydrogens is 436 g/mol. The fraction of sp³-hybridized carbons (Fsp3) is 0.192. The Hall–Kier alpha value is -3.48. The summed E-state index contributed by atoms with van der Waals surface area (Å²) in [5, 5.41) is 1.30. The molecule has 1 aliphatic rings. The second kappa shape index (κ2) is 8.81. The molecule has 0 unspecified atom stereocenters. The summed E-state index contributed by atoms with van der Waals surface area (Å²) in [5.74, 6) is 0.303. The predicted octanol–water partition coefficient (Wildman–Crippen LogP) is 4.91. The first kappa shape index (κ1) is 21.4. The molecule has 4 aromatic rings. The van der Waals surface area contributed by atoms with Gasteiger partial charge in [0, 0.05) is 30.2 Å². The standard InChI is InChI=1S/C26H23ClN4O2/c1-16-4-2-5-19(25(32)24-20(27)6-3-9-29-24)23(16)17-7-8-21-18(14-17)15-22(26(28)30-21)31-10-12-33-13-11-31/h2-9,14-15H,10-13H2,1H3,(H2,28,30). The molecule has 1 aliphatic heterocycles. The molecule has 1 fully saturated rings. The van der Waals surface area contributed by atoms with Crippen molar-refractivity contribution in [2.75, 3.05) is 36.9 Å². The van der Waals surface area contributed by atoms with E-state index >= 15 is 0 Å². The zero-order chi connectivity index (χ0) is 22.9. The van der Waals surface area contributed by atoms with Crippen molar-refractivity contribution in [1.29, 1.82) is 0 Å². The zero-order valence-corrected chi connectivity index (χ0v) is 19.0. The highest BCUT2D eigenvalue weighted by Gasteiger charge is 2.21. The fourth-order valence-corrected chi connectivity index (χ4v) is 4.52. The SMILES string of the molecule is Cc1cccc(C(=O)c2ncccc2Cl)c1-c1ccc2nc(N)c(N3CCOCC3)cc2c1. The van der Waals surface area contributed by atoms with Gasteiger partial charge in [0.25, 0.3) is 0 Å². The number of halogens is 1. The molecule has 0 spiro atoms. The smallest absolute Gasteiger partial charge is 0.213 e. The summed E-state index contributed by atoms with van der Waals surface area (Å²) in [4.78, 5) is 24.4. The van der Waals surface area contributed by atoms with Crippen LogP contribution in [0.1, 0.15) is 21.6 Å². The molecule has 2 aromatic heterocycles. The van der Waals surface area contributed by atoms with E-state index in [-0.39, 0.29) is 11.5 Å². The Balaban J connectivity index is 1.63. The largest absolute Gasteiger partial charge is 0.382 e. The number of carbonyl (C=O) groups is 1. The maximum Gasteiger partial charge on any atom is 0.213 e. The number of aryl methyl sites for hydroxylation is 1. The van der Waals surface area contributed by atoms with Crippen LogP contribution in [0.3, 0.4) is 0 Å². The Labute approximate surface area is 197 Å². The van der Waals surface area contributed by atoms with Crippen molar-refractivity contribution in [2.24, 2.45) is 0 Å². The topological polar surface area (TPSA) is 81.3 Å². The van der Waals surface area contributed by atoms with Gasteiger partial charge in [0.1, 0.15) is 11.5 Å². The first-order valence-electron chi connectivity index (χ1n) is 10.8. The highest BCUT2D eigenvalue weighted by atomic mass is 35.5. The maximum atomic E-state index is 13.4. The molecule has 2 N–H and O–H groups in total. The van der Waals surface area contributed by atoms with E-state index in [0.29, 0.717) is 29.6 Å². The molecule has 166 valence electrons. The van der Waals surface area contributed by atoms with Crippen LogP contribution in [0.2, 0.25) is 5.02 Å². The number of hydrogen-bond acceptors (Lipinski definition) is 6. The number of carbonyl (C=O) groups excluding carboxylic acids is 1. The van der Waals surface area contributed by atoms with Gasteiger partial charge in [-0.15, -0.1) is 0 Å². The lowest BCUT2D eigenvalue weighted by Crippen LogP contribution is -2.36. The van der Waals surface area contributed by atoms with Crippen molar-refractivity contribution in [2.45, 2.75) is 6.92 Å². The first-order chi connectivity index (χ1) is 16.0. The number of nitrogens with zero attached hydrogens (tertiary/aromatic N) is 3. The Morgan fingerprint density at radius 3 is 2.70 bits per heavy atom. The van der Waals surface area contributed by atoms with E-state index < -0.39 is 0 Å². The van der Waals surface area contributed by atoms with Crippen LogP contribution < -0.4 is 10.6 Å². The number of pyridine rings is 2. The molecule has 0 aliphatic carbocycles. The maximum absolute atomic E-state index is 13.4. The minimum atomic E-state index is -0.205. The van der Waals surface area contributed by atoms with E-state index in [1.54, 1.807) is 18.3 Å². The zero-order valence-electron chi connectivity index (χ0n) is 18.2. The van der Waals surface area contributed by atoms with Gasteiger partial charge < -0.3 is 15.4 Å².